The first-order chi connectivity index (χ1) is 5.54. The molecule has 0 saturated heterocycles. The summed E-state index contributed by atoms with van der Waals surface area (Å²) in [5.74, 6) is 0. The summed E-state index contributed by atoms with van der Waals surface area (Å²) in [5.41, 5.74) is 3.46. The number of allylic oxidation sites excluding steroid dienone is 2. The Bertz CT molecular complexity index is 207. The average molecular weight is 165 g/mol. The first kappa shape index (κ1) is 11.0. The number of hydrogen-bond donors (Lipinski definition) is 0. The monoisotopic (exact) mass is 165 g/mol. The van der Waals surface area contributed by atoms with Crippen LogP contribution in [0, 0.1) is 0 Å². The molecule has 0 heterocycles. The Morgan fingerprint density at radius 2 is 1.92 bits per heavy atom. The van der Waals surface area contributed by atoms with Crippen molar-refractivity contribution in [3.63, 3.8) is 0 Å². The van der Waals surface area contributed by atoms with Crippen LogP contribution in [-0.2, 0) is 0 Å². The Morgan fingerprint density at radius 1 is 1.42 bits per heavy atom. The van der Waals surface area contributed by atoms with E-state index in [1.165, 1.54) is 5.57 Å². The minimum absolute atomic E-state index is 0.976. The standard InChI is InChI=1S/C11H19N/c1-7-11(9(3)4)10(5)12(6)8-2/h7H,1,5,8H2,2-4,6H3. The van der Waals surface area contributed by atoms with E-state index in [-0.39, 0.29) is 0 Å². The topological polar surface area (TPSA) is 3.24 Å². The third kappa shape index (κ3) is 2.57. The van der Waals surface area contributed by atoms with Gasteiger partial charge in [-0.3, -0.25) is 0 Å². The molecule has 0 bridgehead atoms. The SMILES string of the molecule is C=CC(C(=C)N(C)CC)=C(C)C. The number of rotatable bonds is 4. The van der Waals surface area contributed by atoms with Crippen LogP contribution in [0.15, 0.2) is 36.1 Å². The van der Waals surface area contributed by atoms with Crippen LogP contribution in [0.25, 0.3) is 0 Å². The maximum Gasteiger partial charge on any atom is 0.0363 e. The fourth-order valence-electron chi connectivity index (χ4n) is 1.01. The molecular weight excluding hydrogens is 146 g/mol. The number of likely N-dealkylation sites (N-methyl/N-ethyl adjacent to an activating group) is 1. The summed E-state index contributed by atoms with van der Waals surface area (Å²) in [6.07, 6.45) is 1.86. The van der Waals surface area contributed by atoms with Gasteiger partial charge in [0.25, 0.3) is 0 Å². The van der Waals surface area contributed by atoms with Crippen molar-refractivity contribution in [3.8, 4) is 0 Å². The van der Waals surface area contributed by atoms with Gasteiger partial charge in [0.2, 0.25) is 0 Å². The van der Waals surface area contributed by atoms with Crippen molar-refractivity contribution < 1.29 is 0 Å². The van der Waals surface area contributed by atoms with E-state index in [1.807, 2.05) is 13.1 Å². The van der Waals surface area contributed by atoms with Crippen molar-refractivity contribution in [2.24, 2.45) is 0 Å². The molecule has 0 aliphatic heterocycles. The lowest BCUT2D eigenvalue weighted by atomic mass is 10.1. The molecule has 1 heteroatoms. The molecule has 0 aliphatic rings. The van der Waals surface area contributed by atoms with Gasteiger partial charge in [-0.15, -0.1) is 0 Å². The third-order valence-corrected chi connectivity index (χ3v) is 1.99. The zero-order valence-corrected chi connectivity index (χ0v) is 8.65. The summed E-state index contributed by atoms with van der Waals surface area (Å²) < 4.78 is 0. The average Bonchev–Trinajstić information content (AvgIpc) is 2.03. The van der Waals surface area contributed by atoms with Crippen molar-refractivity contribution in [2.75, 3.05) is 13.6 Å². The van der Waals surface area contributed by atoms with Gasteiger partial charge in [-0.25, -0.2) is 0 Å². The molecule has 0 unspecified atom stereocenters. The molecule has 68 valence electrons. The normalized spacial score (nSPS) is 9.00. The molecule has 0 radical (unpaired) electrons. The Kier molecular flexibility index (Phi) is 4.42. The second kappa shape index (κ2) is 4.81. The molecule has 0 rings (SSSR count). The van der Waals surface area contributed by atoms with E-state index in [0.717, 1.165) is 17.8 Å². The van der Waals surface area contributed by atoms with E-state index in [1.54, 1.807) is 0 Å². The Hall–Kier alpha value is -0.980. The summed E-state index contributed by atoms with van der Waals surface area (Å²) in [6, 6.07) is 0. The van der Waals surface area contributed by atoms with Gasteiger partial charge in [-0.05, 0) is 26.3 Å². The summed E-state index contributed by atoms with van der Waals surface area (Å²) in [4.78, 5) is 2.12. The minimum atomic E-state index is 0.976. The van der Waals surface area contributed by atoms with Gasteiger partial charge < -0.3 is 4.90 Å². The molecule has 0 aliphatic carbocycles. The molecule has 0 aromatic carbocycles. The molecule has 1 nitrogen and oxygen atoms in total. The fraction of sp³-hybridized carbons (Fsp3) is 0.455. The van der Waals surface area contributed by atoms with Gasteiger partial charge in [0.1, 0.15) is 0 Å². The van der Waals surface area contributed by atoms with Crippen LogP contribution in [0.1, 0.15) is 20.8 Å². The van der Waals surface area contributed by atoms with E-state index in [9.17, 15) is 0 Å². The molecule has 0 aromatic heterocycles. The highest BCUT2D eigenvalue weighted by Crippen LogP contribution is 2.16. The molecule has 0 fully saturated rings. The second-order valence-corrected chi connectivity index (χ2v) is 3.08. The van der Waals surface area contributed by atoms with Gasteiger partial charge in [-0.1, -0.05) is 24.8 Å². The van der Waals surface area contributed by atoms with Gasteiger partial charge in [0.15, 0.2) is 0 Å². The Labute approximate surface area is 76.1 Å². The van der Waals surface area contributed by atoms with Crippen molar-refractivity contribution in [3.05, 3.63) is 36.1 Å². The van der Waals surface area contributed by atoms with E-state index in [0.29, 0.717) is 0 Å². The Morgan fingerprint density at radius 3 is 2.17 bits per heavy atom. The highest BCUT2D eigenvalue weighted by atomic mass is 15.1. The quantitative estimate of drug-likeness (QED) is 0.579. The molecule has 0 aromatic rings. The fourth-order valence-corrected chi connectivity index (χ4v) is 1.01. The third-order valence-electron chi connectivity index (χ3n) is 1.99. The summed E-state index contributed by atoms with van der Waals surface area (Å²) in [6.45, 7) is 15.0. The molecule has 12 heavy (non-hydrogen) atoms. The lowest BCUT2D eigenvalue weighted by molar-refractivity contribution is 0.453. The number of nitrogens with zero attached hydrogens (tertiary/aromatic N) is 1. The van der Waals surface area contributed by atoms with Gasteiger partial charge >= 0.3 is 0 Å². The van der Waals surface area contributed by atoms with Crippen LogP contribution in [0.4, 0.5) is 0 Å². The largest absolute Gasteiger partial charge is 0.375 e. The first-order valence-electron chi connectivity index (χ1n) is 4.24. The molecular formula is C11H19N. The van der Waals surface area contributed by atoms with E-state index < -0.39 is 0 Å². The zero-order valence-electron chi connectivity index (χ0n) is 8.65. The minimum Gasteiger partial charge on any atom is -0.375 e. The van der Waals surface area contributed by atoms with Crippen LogP contribution >= 0.6 is 0 Å². The highest BCUT2D eigenvalue weighted by Gasteiger charge is 2.03. The van der Waals surface area contributed by atoms with Crippen molar-refractivity contribution >= 4 is 0 Å². The smallest absolute Gasteiger partial charge is 0.0363 e. The van der Waals surface area contributed by atoms with E-state index in [4.69, 9.17) is 0 Å². The zero-order chi connectivity index (χ0) is 9.72. The summed E-state index contributed by atoms with van der Waals surface area (Å²) >= 11 is 0. The highest BCUT2D eigenvalue weighted by molar-refractivity contribution is 5.38. The van der Waals surface area contributed by atoms with Crippen LogP contribution < -0.4 is 0 Å². The molecule has 0 amide bonds. The van der Waals surface area contributed by atoms with E-state index in [2.05, 4.69) is 38.8 Å². The van der Waals surface area contributed by atoms with E-state index >= 15 is 0 Å². The maximum atomic E-state index is 4.01. The Balaban J connectivity index is 4.67. The predicted molar refractivity (Wildman–Crippen MR) is 56.0 cm³/mol. The molecule has 0 N–H and O–H groups in total. The van der Waals surface area contributed by atoms with Crippen LogP contribution in [0.5, 0.6) is 0 Å². The van der Waals surface area contributed by atoms with Crippen LogP contribution in [0.2, 0.25) is 0 Å². The van der Waals surface area contributed by atoms with Gasteiger partial charge in [0.05, 0.1) is 0 Å². The first-order valence-corrected chi connectivity index (χ1v) is 4.24. The molecule has 0 saturated carbocycles. The summed E-state index contributed by atoms with van der Waals surface area (Å²) in [5, 5.41) is 0. The lowest BCUT2D eigenvalue weighted by Gasteiger charge is -2.21. The molecule has 0 atom stereocenters. The molecule has 0 spiro atoms. The second-order valence-electron chi connectivity index (χ2n) is 3.08. The van der Waals surface area contributed by atoms with Gasteiger partial charge in [0, 0.05) is 19.3 Å². The van der Waals surface area contributed by atoms with Crippen molar-refractivity contribution in [1.82, 2.24) is 4.90 Å². The number of hydrogen-bond acceptors (Lipinski definition) is 1. The lowest BCUT2D eigenvalue weighted by Crippen LogP contribution is -2.17. The van der Waals surface area contributed by atoms with Crippen molar-refractivity contribution in [2.45, 2.75) is 20.8 Å². The van der Waals surface area contributed by atoms with Crippen LogP contribution in [-0.4, -0.2) is 18.5 Å². The van der Waals surface area contributed by atoms with Crippen LogP contribution in [0.3, 0.4) is 0 Å². The summed E-state index contributed by atoms with van der Waals surface area (Å²) in [7, 11) is 2.04. The predicted octanol–water partition coefficient (Wildman–Crippen LogP) is 2.97. The van der Waals surface area contributed by atoms with Gasteiger partial charge in [-0.2, -0.15) is 0 Å². The maximum absolute atomic E-state index is 4.01. The van der Waals surface area contributed by atoms with Crippen molar-refractivity contribution in [1.29, 1.82) is 0 Å².